The number of unbranched alkanes of at least 4 members (excludes halogenated alkanes) is 1. The van der Waals surface area contributed by atoms with Crippen molar-refractivity contribution in [2.24, 2.45) is 5.73 Å². The molecular formula is C13H23N3O. The van der Waals surface area contributed by atoms with Gasteiger partial charge in [-0.25, -0.2) is 4.98 Å². The maximum atomic E-state index is 5.75. The van der Waals surface area contributed by atoms with Crippen LogP contribution in [0.2, 0.25) is 0 Å². The second-order valence-corrected chi connectivity index (χ2v) is 4.00. The van der Waals surface area contributed by atoms with E-state index in [1.165, 1.54) is 12.8 Å². The monoisotopic (exact) mass is 237 g/mol. The van der Waals surface area contributed by atoms with Gasteiger partial charge in [-0.1, -0.05) is 19.8 Å². The summed E-state index contributed by atoms with van der Waals surface area (Å²) in [6.07, 6.45) is 5.18. The van der Waals surface area contributed by atoms with Gasteiger partial charge in [-0.3, -0.25) is 0 Å². The van der Waals surface area contributed by atoms with Crippen molar-refractivity contribution in [1.82, 2.24) is 4.98 Å². The topological polar surface area (TPSA) is 60.2 Å². The van der Waals surface area contributed by atoms with E-state index < -0.39 is 0 Å². The van der Waals surface area contributed by atoms with E-state index in [1.807, 2.05) is 19.1 Å². The lowest BCUT2D eigenvalue weighted by Crippen LogP contribution is -2.29. The van der Waals surface area contributed by atoms with Crippen LogP contribution in [0.1, 0.15) is 33.1 Å². The van der Waals surface area contributed by atoms with Gasteiger partial charge in [0.15, 0.2) is 11.6 Å². The highest BCUT2D eigenvalue weighted by Gasteiger charge is 2.10. The van der Waals surface area contributed by atoms with Crippen molar-refractivity contribution >= 4 is 5.82 Å². The molecule has 0 aliphatic rings. The van der Waals surface area contributed by atoms with E-state index in [9.17, 15) is 0 Å². The van der Waals surface area contributed by atoms with Gasteiger partial charge in [0.05, 0.1) is 6.61 Å². The summed E-state index contributed by atoms with van der Waals surface area (Å²) < 4.78 is 5.52. The van der Waals surface area contributed by atoms with Gasteiger partial charge in [-0.2, -0.15) is 0 Å². The molecule has 1 aromatic rings. The highest BCUT2D eigenvalue weighted by atomic mass is 16.5. The van der Waals surface area contributed by atoms with Crippen LogP contribution in [0.4, 0.5) is 5.82 Å². The molecule has 0 aromatic carbocycles. The van der Waals surface area contributed by atoms with Gasteiger partial charge >= 0.3 is 0 Å². The van der Waals surface area contributed by atoms with Crippen molar-refractivity contribution in [2.75, 3.05) is 18.5 Å². The standard InChI is InChI=1S/C13H23N3O/c1-3-5-7-11(10-14)16-13-12(17-4-2)8-6-9-15-13/h6,8-9,11H,3-5,7,10,14H2,1-2H3,(H,15,16). The summed E-state index contributed by atoms with van der Waals surface area (Å²) in [5, 5.41) is 3.36. The molecule has 0 fully saturated rings. The van der Waals surface area contributed by atoms with Crippen molar-refractivity contribution in [3.63, 3.8) is 0 Å². The Morgan fingerprint density at radius 3 is 2.94 bits per heavy atom. The van der Waals surface area contributed by atoms with Crippen LogP contribution in [0.25, 0.3) is 0 Å². The first-order valence-electron chi connectivity index (χ1n) is 6.36. The van der Waals surface area contributed by atoms with Crippen LogP contribution in [0.5, 0.6) is 5.75 Å². The van der Waals surface area contributed by atoms with Crippen molar-refractivity contribution in [3.05, 3.63) is 18.3 Å². The summed E-state index contributed by atoms with van der Waals surface area (Å²) >= 11 is 0. The maximum absolute atomic E-state index is 5.75. The van der Waals surface area contributed by atoms with E-state index in [1.54, 1.807) is 6.20 Å². The Morgan fingerprint density at radius 1 is 1.47 bits per heavy atom. The number of nitrogens with two attached hydrogens (primary N) is 1. The molecule has 1 unspecified atom stereocenters. The van der Waals surface area contributed by atoms with Gasteiger partial charge in [0.25, 0.3) is 0 Å². The Bertz CT molecular complexity index is 317. The predicted molar refractivity (Wildman–Crippen MR) is 71.4 cm³/mol. The van der Waals surface area contributed by atoms with Crippen LogP contribution >= 0.6 is 0 Å². The normalized spacial score (nSPS) is 12.2. The van der Waals surface area contributed by atoms with Gasteiger partial charge in [-0.15, -0.1) is 0 Å². The minimum atomic E-state index is 0.268. The third-order valence-corrected chi connectivity index (χ3v) is 2.60. The fourth-order valence-electron chi connectivity index (χ4n) is 1.66. The molecule has 96 valence electrons. The number of ether oxygens (including phenoxy) is 1. The summed E-state index contributed by atoms with van der Waals surface area (Å²) in [5.41, 5.74) is 5.75. The van der Waals surface area contributed by atoms with E-state index in [4.69, 9.17) is 10.5 Å². The smallest absolute Gasteiger partial charge is 0.169 e. The number of pyridine rings is 1. The third kappa shape index (κ3) is 4.61. The minimum absolute atomic E-state index is 0.268. The lowest BCUT2D eigenvalue weighted by atomic mass is 10.1. The molecule has 0 saturated heterocycles. The first kappa shape index (κ1) is 13.8. The van der Waals surface area contributed by atoms with E-state index in [-0.39, 0.29) is 6.04 Å². The summed E-state index contributed by atoms with van der Waals surface area (Å²) in [4.78, 5) is 4.30. The Balaban J connectivity index is 2.64. The van der Waals surface area contributed by atoms with Gasteiger partial charge in [0.2, 0.25) is 0 Å². The average Bonchev–Trinajstić information content (AvgIpc) is 2.36. The zero-order chi connectivity index (χ0) is 12.5. The van der Waals surface area contributed by atoms with E-state index in [0.29, 0.717) is 13.2 Å². The predicted octanol–water partition coefficient (Wildman–Crippen LogP) is 2.41. The third-order valence-electron chi connectivity index (χ3n) is 2.60. The Hall–Kier alpha value is -1.29. The zero-order valence-electron chi connectivity index (χ0n) is 10.8. The fraction of sp³-hybridized carbons (Fsp3) is 0.615. The lowest BCUT2D eigenvalue weighted by Gasteiger charge is -2.18. The molecule has 17 heavy (non-hydrogen) atoms. The van der Waals surface area contributed by atoms with Crippen molar-refractivity contribution in [2.45, 2.75) is 39.2 Å². The molecule has 4 nitrogen and oxygen atoms in total. The molecule has 0 radical (unpaired) electrons. The van der Waals surface area contributed by atoms with Crippen LogP contribution in [0.3, 0.4) is 0 Å². The molecule has 0 spiro atoms. The molecule has 1 aromatic heterocycles. The summed E-state index contributed by atoms with van der Waals surface area (Å²) in [7, 11) is 0. The molecule has 4 heteroatoms. The van der Waals surface area contributed by atoms with Crippen LogP contribution < -0.4 is 15.8 Å². The first-order chi connectivity index (χ1) is 8.31. The van der Waals surface area contributed by atoms with E-state index in [0.717, 1.165) is 18.0 Å². The zero-order valence-corrected chi connectivity index (χ0v) is 10.8. The van der Waals surface area contributed by atoms with Crippen LogP contribution in [0.15, 0.2) is 18.3 Å². The molecule has 0 saturated carbocycles. The molecule has 1 atom stereocenters. The van der Waals surface area contributed by atoms with E-state index >= 15 is 0 Å². The fourth-order valence-corrected chi connectivity index (χ4v) is 1.66. The van der Waals surface area contributed by atoms with Gasteiger partial charge in [0, 0.05) is 18.8 Å². The van der Waals surface area contributed by atoms with Gasteiger partial charge < -0.3 is 15.8 Å². The van der Waals surface area contributed by atoms with Gasteiger partial charge in [-0.05, 0) is 25.5 Å². The second-order valence-electron chi connectivity index (χ2n) is 4.00. The number of hydrogen-bond acceptors (Lipinski definition) is 4. The average molecular weight is 237 g/mol. The summed E-state index contributed by atoms with van der Waals surface area (Å²) in [6, 6.07) is 4.07. The molecule has 0 aliphatic heterocycles. The summed E-state index contributed by atoms with van der Waals surface area (Å²) in [6.45, 7) is 5.40. The molecule has 0 bridgehead atoms. The largest absolute Gasteiger partial charge is 0.490 e. The molecule has 0 aliphatic carbocycles. The summed E-state index contributed by atoms with van der Waals surface area (Å²) in [5.74, 6) is 1.59. The lowest BCUT2D eigenvalue weighted by molar-refractivity contribution is 0.340. The Kier molecular flexibility index (Phi) is 6.40. The number of aromatic nitrogens is 1. The minimum Gasteiger partial charge on any atom is -0.490 e. The van der Waals surface area contributed by atoms with Crippen molar-refractivity contribution < 1.29 is 4.74 Å². The highest BCUT2D eigenvalue weighted by molar-refractivity contribution is 5.50. The Morgan fingerprint density at radius 2 is 2.29 bits per heavy atom. The SMILES string of the molecule is CCCCC(CN)Nc1ncccc1OCC. The molecule has 0 amide bonds. The number of hydrogen-bond donors (Lipinski definition) is 2. The van der Waals surface area contributed by atoms with Gasteiger partial charge in [0.1, 0.15) is 0 Å². The molecular weight excluding hydrogens is 214 g/mol. The maximum Gasteiger partial charge on any atom is 0.169 e. The number of anilines is 1. The molecule has 1 rings (SSSR count). The Labute approximate surface area is 104 Å². The number of nitrogens with one attached hydrogen (secondary N) is 1. The first-order valence-corrected chi connectivity index (χ1v) is 6.36. The number of rotatable bonds is 8. The highest BCUT2D eigenvalue weighted by Crippen LogP contribution is 2.22. The second kappa shape index (κ2) is 7.90. The molecule has 3 N–H and O–H groups in total. The van der Waals surface area contributed by atoms with E-state index in [2.05, 4.69) is 17.2 Å². The van der Waals surface area contributed by atoms with Crippen LogP contribution in [0, 0.1) is 0 Å². The van der Waals surface area contributed by atoms with Crippen molar-refractivity contribution in [3.8, 4) is 5.75 Å². The number of nitrogens with zero attached hydrogens (tertiary/aromatic N) is 1. The molecule has 1 heterocycles. The van der Waals surface area contributed by atoms with Crippen molar-refractivity contribution in [1.29, 1.82) is 0 Å². The van der Waals surface area contributed by atoms with Crippen LogP contribution in [-0.2, 0) is 0 Å². The quantitative estimate of drug-likeness (QED) is 0.729. The van der Waals surface area contributed by atoms with Crippen LogP contribution in [-0.4, -0.2) is 24.2 Å².